The molecule has 0 aliphatic carbocycles. The van der Waals surface area contributed by atoms with Crippen molar-refractivity contribution in [3.8, 4) is 72.7 Å². The van der Waals surface area contributed by atoms with Gasteiger partial charge in [0.05, 0.1) is 11.0 Å². The van der Waals surface area contributed by atoms with Crippen LogP contribution in [0.5, 0.6) is 0 Å². The van der Waals surface area contributed by atoms with Crippen molar-refractivity contribution in [2.24, 2.45) is 0 Å². The van der Waals surface area contributed by atoms with Crippen LogP contribution in [0.1, 0.15) is 0 Å². The smallest absolute Gasteiger partial charge is 0.146 e. The SMILES string of the molecule is c1ccc(-n2c(-c3ccc(-c4cc(-c5cc(-c6cccnc6)cc(-c6cccnc6)c5)cc(-c5c6ccccc6cc6ccccc56)c4)c4ccccc34)nc3ccccc32)cc1. The van der Waals surface area contributed by atoms with Gasteiger partial charge in [0.25, 0.3) is 0 Å². The van der Waals surface area contributed by atoms with Crippen molar-refractivity contribution in [1.82, 2.24) is 19.5 Å². The lowest BCUT2D eigenvalue weighted by molar-refractivity contribution is 1.11. The van der Waals surface area contributed by atoms with E-state index in [2.05, 4.69) is 209 Å². The summed E-state index contributed by atoms with van der Waals surface area (Å²) >= 11 is 0. The molecule has 12 aromatic rings. The second kappa shape index (κ2) is 15.2. The van der Waals surface area contributed by atoms with E-state index in [4.69, 9.17) is 4.98 Å². The largest absolute Gasteiger partial charge is 0.292 e. The predicted molar refractivity (Wildman–Crippen MR) is 262 cm³/mol. The molecule has 63 heavy (non-hydrogen) atoms. The normalized spacial score (nSPS) is 11.5. The van der Waals surface area contributed by atoms with Crippen LogP contribution in [0.3, 0.4) is 0 Å². The van der Waals surface area contributed by atoms with Crippen LogP contribution < -0.4 is 0 Å². The van der Waals surface area contributed by atoms with E-state index in [1.807, 2.05) is 36.9 Å². The Balaban J connectivity index is 1.14. The van der Waals surface area contributed by atoms with Crippen LogP contribution in [0.15, 0.2) is 231 Å². The van der Waals surface area contributed by atoms with Gasteiger partial charge in [-0.25, -0.2) is 4.98 Å². The summed E-state index contributed by atoms with van der Waals surface area (Å²) in [4.78, 5) is 14.3. The molecule has 0 saturated heterocycles. The molecule has 3 aromatic heterocycles. The Labute approximate surface area is 365 Å². The van der Waals surface area contributed by atoms with E-state index in [1.54, 1.807) is 0 Å². The van der Waals surface area contributed by atoms with Gasteiger partial charge in [0.2, 0.25) is 0 Å². The second-order valence-electron chi connectivity index (χ2n) is 16.1. The maximum atomic E-state index is 5.30. The first-order valence-corrected chi connectivity index (χ1v) is 21.3. The number of hydrogen-bond acceptors (Lipinski definition) is 3. The molecule has 0 amide bonds. The number of fused-ring (bicyclic) bond motifs is 4. The quantitative estimate of drug-likeness (QED) is 0.151. The fourth-order valence-corrected chi connectivity index (χ4v) is 9.40. The van der Waals surface area contributed by atoms with E-state index in [9.17, 15) is 0 Å². The van der Waals surface area contributed by atoms with Crippen LogP contribution in [-0.2, 0) is 0 Å². The molecule has 0 saturated carbocycles. The number of hydrogen-bond donors (Lipinski definition) is 0. The first-order chi connectivity index (χ1) is 31.2. The van der Waals surface area contributed by atoms with Gasteiger partial charge in [-0.05, 0) is 162 Å². The van der Waals surface area contributed by atoms with Gasteiger partial charge < -0.3 is 0 Å². The van der Waals surface area contributed by atoms with E-state index in [1.165, 1.54) is 27.1 Å². The third kappa shape index (κ3) is 6.44. The Morgan fingerprint density at radius 3 is 1.46 bits per heavy atom. The van der Waals surface area contributed by atoms with Crippen LogP contribution in [0.2, 0.25) is 0 Å². The van der Waals surface area contributed by atoms with Crippen LogP contribution >= 0.6 is 0 Å². The van der Waals surface area contributed by atoms with E-state index >= 15 is 0 Å². The summed E-state index contributed by atoms with van der Waals surface area (Å²) in [5.41, 5.74) is 15.4. The minimum Gasteiger partial charge on any atom is -0.292 e. The molecule has 4 heteroatoms. The van der Waals surface area contributed by atoms with Crippen LogP contribution in [-0.4, -0.2) is 19.5 Å². The minimum absolute atomic E-state index is 0.914. The molecule has 0 radical (unpaired) electrons. The molecule has 12 rings (SSSR count). The third-order valence-corrected chi connectivity index (χ3v) is 12.3. The number of benzene rings is 9. The highest BCUT2D eigenvalue weighted by molar-refractivity contribution is 6.14. The topological polar surface area (TPSA) is 43.6 Å². The number of nitrogens with zero attached hydrogens (tertiary/aromatic N) is 4. The Kier molecular flexibility index (Phi) is 8.79. The Bertz CT molecular complexity index is 3560. The first-order valence-electron chi connectivity index (χ1n) is 21.3. The summed E-state index contributed by atoms with van der Waals surface area (Å²) in [7, 11) is 0. The van der Waals surface area contributed by atoms with Gasteiger partial charge in [-0.2, -0.15) is 0 Å². The molecular formula is C59H38N4. The maximum Gasteiger partial charge on any atom is 0.146 e. The minimum atomic E-state index is 0.914. The molecule has 0 atom stereocenters. The van der Waals surface area contributed by atoms with Gasteiger partial charge in [0, 0.05) is 47.2 Å². The molecule has 294 valence electrons. The highest BCUT2D eigenvalue weighted by Crippen LogP contribution is 2.44. The lowest BCUT2D eigenvalue weighted by Crippen LogP contribution is -1.98. The number of para-hydroxylation sites is 3. The second-order valence-corrected chi connectivity index (χ2v) is 16.1. The van der Waals surface area contributed by atoms with Crippen LogP contribution in [0.4, 0.5) is 0 Å². The van der Waals surface area contributed by atoms with Crippen LogP contribution in [0.25, 0.3) is 116 Å². The summed E-state index contributed by atoms with van der Waals surface area (Å²) in [6, 6.07) is 74.4. The van der Waals surface area contributed by atoms with Crippen molar-refractivity contribution < 1.29 is 0 Å². The lowest BCUT2D eigenvalue weighted by atomic mass is 9.86. The molecule has 0 spiro atoms. The molecule has 0 aliphatic rings. The molecular weight excluding hydrogens is 765 g/mol. The number of rotatable bonds is 7. The van der Waals surface area contributed by atoms with E-state index in [-0.39, 0.29) is 0 Å². The van der Waals surface area contributed by atoms with Crippen molar-refractivity contribution in [2.45, 2.75) is 0 Å². The Morgan fingerprint density at radius 2 is 0.825 bits per heavy atom. The van der Waals surface area contributed by atoms with E-state index < -0.39 is 0 Å². The molecule has 0 aliphatic heterocycles. The summed E-state index contributed by atoms with van der Waals surface area (Å²) in [5.74, 6) is 0.914. The van der Waals surface area contributed by atoms with Crippen molar-refractivity contribution in [3.05, 3.63) is 231 Å². The van der Waals surface area contributed by atoms with Gasteiger partial charge in [-0.3, -0.25) is 14.5 Å². The van der Waals surface area contributed by atoms with Crippen LogP contribution in [0, 0.1) is 0 Å². The molecule has 3 heterocycles. The number of imidazole rings is 1. The Hall–Kier alpha value is -8.47. The summed E-state index contributed by atoms with van der Waals surface area (Å²) < 4.78 is 2.29. The number of aromatic nitrogens is 4. The predicted octanol–water partition coefficient (Wildman–Crippen LogP) is 15.3. The van der Waals surface area contributed by atoms with E-state index in [0.29, 0.717) is 0 Å². The number of pyridine rings is 2. The zero-order chi connectivity index (χ0) is 41.7. The highest BCUT2D eigenvalue weighted by atomic mass is 15.1. The van der Waals surface area contributed by atoms with Gasteiger partial charge in [0.15, 0.2) is 0 Å². The average Bonchev–Trinajstić information content (AvgIpc) is 3.75. The monoisotopic (exact) mass is 802 g/mol. The molecule has 9 aromatic carbocycles. The van der Waals surface area contributed by atoms with Crippen molar-refractivity contribution in [2.75, 3.05) is 0 Å². The summed E-state index contributed by atoms with van der Waals surface area (Å²) in [6.07, 6.45) is 7.53. The molecule has 4 nitrogen and oxygen atoms in total. The van der Waals surface area contributed by atoms with Gasteiger partial charge in [-0.1, -0.05) is 121 Å². The Morgan fingerprint density at radius 1 is 0.333 bits per heavy atom. The fraction of sp³-hybridized carbons (Fsp3) is 0. The highest BCUT2D eigenvalue weighted by Gasteiger charge is 2.20. The first kappa shape index (κ1) is 36.4. The maximum absolute atomic E-state index is 5.30. The zero-order valence-corrected chi connectivity index (χ0v) is 34.2. The fourth-order valence-electron chi connectivity index (χ4n) is 9.40. The molecule has 0 bridgehead atoms. The molecule has 0 N–H and O–H groups in total. The molecule has 0 unspecified atom stereocenters. The summed E-state index contributed by atoms with van der Waals surface area (Å²) in [5, 5.41) is 7.17. The lowest BCUT2D eigenvalue weighted by Gasteiger charge is -2.18. The summed E-state index contributed by atoms with van der Waals surface area (Å²) in [6.45, 7) is 0. The third-order valence-electron chi connectivity index (χ3n) is 12.3. The van der Waals surface area contributed by atoms with Crippen molar-refractivity contribution in [3.63, 3.8) is 0 Å². The zero-order valence-electron chi connectivity index (χ0n) is 34.2. The van der Waals surface area contributed by atoms with Gasteiger partial charge >= 0.3 is 0 Å². The van der Waals surface area contributed by atoms with Crippen molar-refractivity contribution in [1.29, 1.82) is 0 Å². The molecule has 0 fully saturated rings. The van der Waals surface area contributed by atoms with Gasteiger partial charge in [-0.15, -0.1) is 0 Å². The van der Waals surface area contributed by atoms with Crippen molar-refractivity contribution >= 4 is 43.4 Å². The average molecular weight is 803 g/mol. The van der Waals surface area contributed by atoms with E-state index in [0.717, 1.165) is 89.0 Å². The standard InChI is InChI=1S/C59H38N4/c1-2-18-49(19-3-1)63-57-25-11-10-24-56(57)62-59(63)55-27-26-50(53-22-8-9-23-54(53)55)47-34-46(35-48(36-47)58-51-20-6-4-14-39(51)30-40-15-5-7-21-52(40)58)45-32-43(41-16-12-28-60-37-41)31-44(33-45)42-17-13-29-61-38-42/h1-38H. The van der Waals surface area contributed by atoms with Gasteiger partial charge in [0.1, 0.15) is 5.82 Å².